The molecule has 0 aromatic heterocycles. The van der Waals surface area contributed by atoms with Gasteiger partial charge in [0.1, 0.15) is 11.5 Å². The number of methoxy groups -OCH3 is 2. The average Bonchev–Trinajstić information content (AvgIpc) is 3.28. The van der Waals surface area contributed by atoms with Crippen LogP contribution in [0.3, 0.4) is 0 Å². The second-order valence-electron chi connectivity index (χ2n) is 8.89. The van der Waals surface area contributed by atoms with E-state index in [0.29, 0.717) is 34.5 Å². The highest BCUT2D eigenvalue weighted by molar-refractivity contribution is 8.16. The van der Waals surface area contributed by atoms with Gasteiger partial charge in [-0.05, 0) is 43.9 Å². The largest absolute Gasteiger partial charge is 0.497 e. The summed E-state index contributed by atoms with van der Waals surface area (Å²) in [5.74, 6) is 0.597. The fourth-order valence-electron chi connectivity index (χ4n) is 4.27. The van der Waals surface area contributed by atoms with Crippen LogP contribution >= 0.6 is 11.8 Å². The molecule has 0 fully saturated rings. The van der Waals surface area contributed by atoms with Crippen molar-refractivity contribution in [3.05, 3.63) is 82.0 Å². The van der Waals surface area contributed by atoms with Gasteiger partial charge in [0.2, 0.25) is 5.91 Å². The maximum absolute atomic E-state index is 13.4. The molecule has 0 aliphatic carbocycles. The molecule has 0 radical (unpaired) electrons. The van der Waals surface area contributed by atoms with E-state index in [0.717, 1.165) is 16.8 Å². The van der Waals surface area contributed by atoms with Crippen molar-refractivity contribution in [1.29, 1.82) is 0 Å². The number of rotatable bonds is 9. The molecule has 8 nitrogen and oxygen atoms in total. The number of carbonyl (C=O) groups is 2. The Bertz CT molecular complexity index is 1270. The van der Waals surface area contributed by atoms with Gasteiger partial charge in [0.15, 0.2) is 5.17 Å². The molecule has 2 heterocycles. The number of amides is 1. The third-order valence-corrected chi connectivity index (χ3v) is 6.86. The lowest BCUT2D eigenvalue weighted by atomic mass is 9.93. The number of aliphatic imine (C=N–C) groups is 1. The first-order valence-electron chi connectivity index (χ1n) is 12.0. The molecule has 0 bridgehead atoms. The number of hydrogen-bond acceptors (Lipinski definition) is 8. The summed E-state index contributed by atoms with van der Waals surface area (Å²) in [6.45, 7) is 5.85. The van der Waals surface area contributed by atoms with Gasteiger partial charge < -0.3 is 24.4 Å². The van der Waals surface area contributed by atoms with E-state index in [9.17, 15) is 9.59 Å². The van der Waals surface area contributed by atoms with Crippen LogP contribution in [0.15, 0.2) is 75.9 Å². The van der Waals surface area contributed by atoms with Crippen LogP contribution in [0.1, 0.15) is 44.4 Å². The molecule has 2 aliphatic rings. The molecule has 1 amide bonds. The maximum Gasteiger partial charge on any atom is 0.338 e. The summed E-state index contributed by atoms with van der Waals surface area (Å²) in [5, 5.41) is 5.58. The number of thioether (sulfide) groups is 1. The summed E-state index contributed by atoms with van der Waals surface area (Å²) in [7, 11) is 3.16. The monoisotopic (exact) mass is 521 g/mol. The number of benzene rings is 2. The fraction of sp³-hybridized carbons (Fsp3) is 0.321. The van der Waals surface area contributed by atoms with Crippen molar-refractivity contribution in [1.82, 2.24) is 10.2 Å². The van der Waals surface area contributed by atoms with E-state index in [1.807, 2.05) is 66.6 Å². The maximum atomic E-state index is 13.4. The number of amidine groups is 1. The van der Waals surface area contributed by atoms with Crippen molar-refractivity contribution in [2.24, 2.45) is 4.99 Å². The van der Waals surface area contributed by atoms with E-state index in [4.69, 9.17) is 19.2 Å². The number of hydrogen-bond donors (Lipinski definition) is 1. The van der Waals surface area contributed by atoms with Crippen molar-refractivity contribution in [2.75, 3.05) is 14.2 Å². The second-order valence-corrected chi connectivity index (χ2v) is 9.73. The van der Waals surface area contributed by atoms with Crippen LogP contribution in [0.5, 0.6) is 11.5 Å². The van der Waals surface area contributed by atoms with E-state index < -0.39 is 12.0 Å². The van der Waals surface area contributed by atoms with Gasteiger partial charge >= 0.3 is 5.97 Å². The summed E-state index contributed by atoms with van der Waals surface area (Å²) < 4.78 is 16.7. The van der Waals surface area contributed by atoms with E-state index in [-0.39, 0.29) is 18.4 Å². The topological polar surface area (TPSA) is 89.5 Å². The molecule has 0 saturated heterocycles. The lowest BCUT2D eigenvalue weighted by Gasteiger charge is -2.37. The molecule has 37 heavy (non-hydrogen) atoms. The molecule has 1 unspecified atom stereocenters. The molecule has 0 spiro atoms. The number of ether oxygens (including phenoxy) is 3. The third kappa shape index (κ3) is 5.83. The SMILES string of the molecule is COc1ccc(C2C(C(=O)OC(C)C)=C(C)N=C3SC=C(CC(=O)NCc4ccccc4)N32)c(OC)c1. The Hall–Kier alpha value is -3.72. The van der Waals surface area contributed by atoms with Crippen molar-refractivity contribution in [3.63, 3.8) is 0 Å². The molecule has 1 N–H and O–H groups in total. The van der Waals surface area contributed by atoms with E-state index in [2.05, 4.69) is 5.32 Å². The molecular formula is C28H31N3O5S. The number of nitrogens with zero attached hydrogens (tertiary/aromatic N) is 2. The van der Waals surface area contributed by atoms with Gasteiger partial charge in [0.05, 0.1) is 44.1 Å². The number of carbonyl (C=O) groups excluding carboxylic acids is 2. The Morgan fingerprint density at radius 2 is 1.86 bits per heavy atom. The molecule has 1 atom stereocenters. The molecule has 2 aliphatic heterocycles. The highest BCUT2D eigenvalue weighted by Crippen LogP contribution is 2.47. The Morgan fingerprint density at radius 1 is 1.11 bits per heavy atom. The van der Waals surface area contributed by atoms with Gasteiger partial charge in [-0.3, -0.25) is 4.79 Å². The molecule has 0 saturated carbocycles. The minimum absolute atomic E-state index is 0.124. The standard InChI is InChI=1S/C28H31N3O5S/c1-17(2)36-27(33)25-18(3)30-28-31(26(25)22-12-11-21(34-4)14-23(22)35-5)20(16-37-28)13-24(32)29-15-19-9-7-6-8-10-19/h6-12,14,16-17,26H,13,15H2,1-5H3,(H,29,32). The smallest absolute Gasteiger partial charge is 0.338 e. The van der Waals surface area contributed by atoms with Crippen molar-refractivity contribution in [2.45, 2.75) is 45.9 Å². The molecule has 2 aromatic carbocycles. The quantitative estimate of drug-likeness (QED) is 0.468. The van der Waals surface area contributed by atoms with Gasteiger partial charge in [-0.2, -0.15) is 0 Å². The van der Waals surface area contributed by atoms with Crippen molar-refractivity contribution >= 4 is 28.8 Å². The molecule has 4 rings (SSSR count). The fourth-order valence-corrected chi connectivity index (χ4v) is 5.23. The summed E-state index contributed by atoms with van der Waals surface area (Å²) in [6.07, 6.45) is -0.178. The number of fused-ring (bicyclic) bond motifs is 1. The van der Waals surface area contributed by atoms with Crippen LogP contribution in [0.25, 0.3) is 0 Å². The van der Waals surface area contributed by atoms with Crippen molar-refractivity contribution in [3.8, 4) is 11.5 Å². The highest BCUT2D eigenvalue weighted by atomic mass is 32.2. The first-order valence-corrected chi connectivity index (χ1v) is 12.9. The van der Waals surface area contributed by atoms with Gasteiger partial charge in [-0.1, -0.05) is 42.1 Å². The minimum Gasteiger partial charge on any atom is -0.497 e. The van der Waals surface area contributed by atoms with Gasteiger partial charge in [0, 0.05) is 23.9 Å². The minimum atomic E-state index is -0.595. The second kappa shape index (κ2) is 11.6. The van der Waals surface area contributed by atoms with Crippen LogP contribution in [0.4, 0.5) is 0 Å². The summed E-state index contributed by atoms with van der Waals surface area (Å²) in [4.78, 5) is 32.9. The number of esters is 1. The Morgan fingerprint density at radius 3 is 2.54 bits per heavy atom. The average molecular weight is 522 g/mol. The van der Waals surface area contributed by atoms with E-state index in [1.54, 1.807) is 27.2 Å². The highest BCUT2D eigenvalue weighted by Gasteiger charge is 2.42. The third-order valence-electron chi connectivity index (χ3n) is 5.97. The molecule has 9 heteroatoms. The predicted molar refractivity (Wildman–Crippen MR) is 144 cm³/mol. The molecular weight excluding hydrogens is 490 g/mol. The normalized spacial score (nSPS) is 16.7. The zero-order valence-electron chi connectivity index (χ0n) is 21.6. The Labute approximate surface area is 221 Å². The van der Waals surface area contributed by atoms with E-state index in [1.165, 1.54) is 11.8 Å². The molecule has 2 aromatic rings. The predicted octanol–water partition coefficient (Wildman–Crippen LogP) is 4.94. The number of allylic oxidation sites excluding steroid dienone is 1. The van der Waals surface area contributed by atoms with Gasteiger partial charge in [-0.15, -0.1) is 0 Å². The van der Waals surface area contributed by atoms with Crippen LogP contribution in [0, 0.1) is 0 Å². The molecule has 194 valence electrons. The van der Waals surface area contributed by atoms with Gasteiger partial charge in [0.25, 0.3) is 0 Å². The Kier molecular flexibility index (Phi) is 8.23. The van der Waals surface area contributed by atoms with Crippen LogP contribution in [-0.2, 0) is 20.9 Å². The summed E-state index contributed by atoms with van der Waals surface area (Å²) >= 11 is 1.42. The van der Waals surface area contributed by atoms with Crippen LogP contribution in [-0.4, -0.2) is 42.3 Å². The first kappa shape index (κ1) is 26.3. The van der Waals surface area contributed by atoms with E-state index >= 15 is 0 Å². The van der Waals surface area contributed by atoms with Gasteiger partial charge in [-0.25, -0.2) is 9.79 Å². The summed E-state index contributed by atoms with van der Waals surface area (Å²) in [6, 6.07) is 14.6. The van der Waals surface area contributed by atoms with Crippen LogP contribution < -0.4 is 14.8 Å². The first-order chi connectivity index (χ1) is 17.8. The van der Waals surface area contributed by atoms with Crippen molar-refractivity contribution < 1.29 is 23.8 Å². The zero-order valence-corrected chi connectivity index (χ0v) is 22.4. The lowest BCUT2D eigenvalue weighted by molar-refractivity contribution is -0.143. The zero-order chi connectivity index (χ0) is 26.5. The lowest BCUT2D eigenvalue weighted by Crippen LogP contribution is -2.38. The number of nitrogens with one attached hydrogen (secondary N) is 1. The summed E-state index contributed by atoms with van der Waals surface area (Å²) in [5.41, 5.74) is 3.46. The Balaban J connectivity index is 1.68. The van der Waals surface area contributed by atoms with Crippen LogP contribution in [0.2, 0.25) is 0 Å².